The number of phenolic OH excluding ortho intramolecular Hbond substituents is 1. The summed E-state index contributed by atoms with van der Waals surface area (Å²) >= 11 is 0. The molecule has 0 amide bonds. The molecule has 0 aliphatic rings. The maximum atomic E-state index is 10.1. The first-order chi connectivity index (χ1) is 10.8. The van der Waals surface area contributed by atoms with E-state index in [0.29, 0.717) is 16.7 Å². The van der Waals surface area contributed by atoms with Crippen LogP contribution in [0.25, 0.3) is 33.1 Å². The SMILES string of the molecule is C.OCc1cc(O)c2cncc(-c3cc4ccccc4o3)c2c1. The lowest BCUT2D eigenvalue weighted by molar-refractivity contribution is 0.281. The van der Waals surface area contributed by atoms with E-state index in [9.17, 15) is 10.2 Å². The second-order valence-electron chi connectivity index (χ2n) is 5.20. The fraction of sp³-hybridized carbons (Fsp3) is 0.105. The summed E-state index contributed by atoms with van der Waals surface area (Å²) < 4.78 is 5.89. The summed E-state index contributed by atoms with van der Waals surface area (Å²) in [4.78, 5) is 4.19. The molecule has 116 valence electrons. The molecule has 0 radical (unpaired) electrons. The normalized spacial score (nSPS) is 10.8. The number of aliphatic hydroxyl groups excluding tert-OH is 1. The third-order valence-corrected chi connectivity index (χ3v) is 3.79. The summed E-state index contributed by atoms with van der Waals surface area (Å²) in [5.41, 5.74) is 2.24. The van der Waals surface area contributed by atoms with Crippen molar-refractivity contribution in [1.29, 1.82) is 0 Å². The van der Waals surface area contributed by atoms with E-state index in [0.717, 1.165) is 21.9 Å². The number of aliphatic hydroxyl groups is 1. The summed E-state index contributed by atoms with van der Waals surface area (Å²) in [6.45, 7) is -0.134. The average Bonchev–Trinajstić information content (AvgIpc) is 2.98. The smallest absolute Gasteiger partial charge is 0.137 e. The molecular formula is C19H17NO3. The highest BCUT2D eigenvalue weighted by Gasteiger charge is 2.13. The Kier molecular flexibility index (Phi) is 3.76. The molecule has 0 atom stereocenters. The van der Waals surface area contributed by atoms with Gasteiger partial charge in [-0.1, -0.05) is 25.6 Å². The van der Waals surface area contributed by atoms with Gasteiger partial charge in [-0.25, -0.2) is 0 Å². The van der Waals surface area contributed by atoms with Crippen molar-refractivity contribution in [2.45, 2.75) is 14.0 Å². The van der Waals surface area contributed by atoms with Gasteiger partial charge >= 0.3 is 0 Å². The van der Waals surface area contributed by atoms with Gasteiger partial charge in [-0.05, 0) is 35.2 Å². The minimum Gasteiger partial charge on any atom is -0.507 e. The molecule has 0 fully saturated rings. The first-order valence-corrected chi connectivity index (χ1v) is 6.95. The van der Waals surface area contributed by atoms with E-state index in [1.807, 2.05) is 36.4 Å². The number of hydrogen-bond donors (Lipinski definition) is 2. The van der Waals surface area contributed by atoms with Crippen molar-refractivity contribution in [1.82, 2.24) is 4.98 Å². The van der Waals surface area contributed by atoms with Crippen molar-refractivity contribution in [2.24, 2.45) is 0 Å². The fourth-order valence-corrected chi connectivity index (χ4v) is 2.71. The van der Waals surface area contributed by atoms with Gasteiger partial charge < -0.3 is 14.6 Å². The largest absolute Gasteiger partial charge is 0.507 e. The third kappa shape index (κ3) is 2.43. The first-order valence-electron chi connectivity index (χ1n) is 6.95. The van der Waals surface area contributed by atoms with Crippen LogP contribution in [0.15, 0.2) is 59.3 Å². The van der Waals surface area contributed by atoms with Crippen LogP contribution in [0.1, 0.15) is 13.0 Å². The zero-order valence-corrected chi connectivity index (χ0v) is 11.7. The highest BCUT2D eigenvalue weighted by Crippen LogP contribution is 2.35. The predicted octanol–water partition coefficient (Wildman–Crippen LogP) is 4.48. The van der Waals surface area contributed by atoms with Crippen molar-refractivity contribution in [3.05, 3.63) is 60.4 Å². The highest BCUT2D eigenvalue weighted by molar-refractivity contribution is 5.99. The molecule has 2 aromatic heterocycles. The number of fused-ring (bicyclic) bond motifs is 2. The zero-order chi connectivity index (χ0) is 15.1. The lowest BCUT2D eigenvalue weighted by atomic mass is 10.0. The molecule has 4 heteroatoms. The van der Waals surface area contributed by atoms with E-state index in [4.69, 9.17) is 4.42 Å². The Morgan fingerprint density at radius 1 is 1.00 bits per heavy atom. The van der Waals surface area contributed by atoms with Crippen molar-refractivity contribution in [3.8, 4) is 17.1 Å². The van der Waals surface area contributed by atoms with Crippen molar-refractivity contribution in [3.63, 3.8) is 0 Å². The van der Waals surface area contributed by atoms with Crippen LogP contribution in [0.3, 0.4) is 0 Å². The maximum Gasteiger partial charge on any atom is 0.137 e. The molecule has 0 unspecified atom stereocenters. The number of benzene rings is 2. The maximum absolute atomic E-state index is 10.1. The van der Waals surface area contributed by atoms with Crippen molar-refractivity contribution >= 4 is 21.7 Å². The number of furan rings is 1. The molecule has 0 spiro atoms. The second-order valence-corrected chi connectivity index (χ2v) is 5.20. The van der Waals surface area contributed by atoms with Gasteiger partial charge in [0.2, 0.25) is 0 Å². The van der Waals surface area contributed by atoms with Gasteiger partial charge in [-0.15, -0.1) is 0 Å². The molecule has 2 heterocycles. The number of hydrogen-bond acceptors (Lipinski definition) is 4. The highest BCUT2D eigenvalue weighted by atomic mass is 16.3. The Morgan fingerprint density at radius 2 is 1.83 bits per heavy atom. The van der Waals surface area contributed by atoms with Crippen LogP contribution in [0.5, 0.6) is 5.75 Å². The van der Waals surface area contributed by atoms with Gasteiger partial charge in [0.15, 0.2) is 0 Å². The van der Waals surface area contributed by atoms with E-state index in [-0.39, 0.29) is 19.8 Å². The minimum absolute atomic E-state index is 0. The van der Waals surface area contributed by atoms with Gasteiger partial charge in [0.25, 0.3) is 0 Å². The van der Waals surface area contributed by atoms with Crippen LogP contribution in [-0.4, -0.2) is 15.2 Å². The van der Waals surface area contributed by atoms with Gasteiger partial charge in [0.05, 0.1) is 6.61 Å². The molecular weight excluding hydrogens is 290 g/mol. The summed E-state index contributed by atoms with van der Waals surface area (Å²) in [6, 6.07) is 13.1. The van der Waals surface area contributed by atoms with Gasteiger partial charge in [-0.2, -0.15) is 0 Å². The molecule has 0 saturated carbocycles. The van der Waals surface area contributed by atoms with Gasteiger partial charge in [-0.3, -0.25) is 4.98 Å². The Bertz CT molecular complexity index is 955. The molecule has 4 nitrogen and oxygen atoms in total. The molecule has 4 aromatic rings. The minimum atomic E-state index is -0.134. The molecule has 0 aliphatic heterocycles. The van der Waals surface area contributed by atoms with Crippen LogP contribution >= 0.6 is 0 Å². The lowest BCUT2D eigenvalue weighted by Gasteiger charge is -2.07. The van der Waals surface area contributed by atoms with E-state index < -0.39 is 0 Å². The topological polar surface area (TPSA) is 66.5 Å². The van der Waals surface area contributed by atoms with E-state index >= 15 is 0 Å². The number of rotatable bonds is 2. The third-order valence-electron chi connectivity index (χ3n) is 3.79. The average molecular weight is 307 g/mol. The number of aromatic hydroxyl groups is 1. The lowest BCUT2D eigenvalue weighted by Crippen LogP contribution is -1.88. The van der Waals surface area contributed by atoms with E-state index in [1.165, 1.54) is 0 Å². The Balaban J connectivity index is 0.00000156. The van der Waals surface area contributed by atoms with Crippen molar-refractivity contribution in [2.75, 3.05) is 0 Å². The van der Waals surface area contributed by atoms with Crippen LogP contribution in [0.2, 0.25) is 0 Å². The van der Waals surface area contributed by atoms with Crippen molar-refractivity contribution < 1.29 is 14.6 Å². The number of phenols is 1. The molecule has 0 saturated heterocycles. The predicted molar refractivity (Wildman–Crippen MR) is 91.3 cm³/mol. The summed E-state index contributed by atoms with van der Waals surface area (Å²) in [6.07, 6.45) is 3.32. The number of pyridine rings is 1. The standard InChI is InChI=1S/C18H13NO3.CH4/c20-10-11-5-13-14(16(21)6-11)8-19-9-15(13)18-7-12-3-1-2-4-17(12)22-18;/h1-9,20-21H,10H2;1H4. The number of aromatic nitrogens is 1. The van der Waals surface area contributed by atoms with Crippen LogP contribution < -0.4 is 0 Å². The summed E-state index contributed by atoms with van der Waals surface area (Å²) in [7, 11) is 0. The molecule has 0 aliphatic carbocycles. The zero-order valence-electron chi connectivity index (χ0n) is 11.7. The van der Waals surface area contributed by atoms with Crippen LogP contribution in [0, 0.1) is 0 Å². The van der Waals surface area contributed by atoms with Gasteiger partial charge in [0.1, 0.15) is 17.1 Å². The molecule has 4 rings (SSSR count). The van der Waals surface area contributed by atoms with E-state index in [2.05, 4.69) is 4.98 Å². The quantitative estimate of drug-likeness (QED) is 0.573. The van der Waals surface area contributed by atoms with Crippen LogP contribution in [0.4, 0.5) is 0 Å². The fourth-order valence-electron chi connectivity index (χ4n) is 2.71. The molecule has 0 bridgehead atoms. The summed E-state index contributed by atoms with van der Waals surface area (Å²) in [5, 5.41) is 21.9. The summed E-state index contributed by atoms with van der Waals surface area (Å²) in [5.74, 6) is 0.792. The van der Waals surface area contributed by atoms with Crippen LogP contribution in [-0.2, 0) is 6.61 Å². The number of para-hydroxylation sites is 1. The monoisotopic (exact) mass is 307 g/mol. The van der Waals surface area contributed by atoms with Gasteiger partial charge in [0, 0.05) is 28.7 Å². The Labute approximate surface area is 133 Å². The first kappa shape index (κ1) is 15.1. The Hall–Kier alpha value is -2.85. The van der Waals surface area contributed by atoms with E-state index in [1.54, 1.807) is 18.5 Å². The molecule has 2 aromatic carbocycles. The Morgan fingerprint density at radius 3 is 2.61 bits per heavy atom. The number of nitrogens with zero attached hydrogens (tertiary/aromatic N) is 1. The second kappa shape index (κ2) is 5.74. The molecule has 2 N–H and O–H groups in total. The molecule has 23 heavy (non-hydrogen) atoms.